The predicted molar refractivity (Wildman–Crippen MR) is 308 cm³/mol. The third-order valence-electron chi connectivity index (χ3n) is 13.4. The van der Waals surface area contributed by atoms with Crippen molar-refractivity contribution in [1.82, 2.24) is 42.5 Å². The Morgan fingerprint density at radius 2 is 0.988 bits per heavy atom. The number of phenols is 1. The number of rotatable bonds is 39. The Kier molecular flexibility index (Phi) is 31.9. The maximum atomic E-state index is 14.6. The highest BCUT2D eigenvalue weighted by molar-refractivity contribution is 7.98. The molecule has 2 aromatic rings. The number of carboxylic acids is 2. The molecule has 82 heavy (non-hydrogen) atoms. The number of nitrogens with one attached hydrogen (secondary N) is 8. The van der Waals surface area contributed by atoms with E-state index in [-0.39, 0.29) is 63.2 Å². The number of carboxylic acid groups (broad SMARTS) is 2. The summed E-state index contributed by atoms with van der Waals surface area (Å²) in [4.78, 5) is 148. The summed E-state index contributed by atoms with van der Waals surface area (Å²) in [6, 6.07) is 2.30. The standard InChI is InChI=1S/C56H87N11O14S/c1-8-33(6)47(67-54(78)46(32(4)5)66-51(75)39(21-23-44(59)69)62-50(74)40(22-24-45(70)71)60-48(72)37(58)25-27-82-7)55(79)64-42(29-34-14-10-9-11-15-34)52(76)61-38(16-12-13-26-57)49(73)63-41(30-35-17-19-36(68)20-18-35)53(77)65-43(56(80)81)28-31(2)3/h9-11,14-15,17-20,31-33,37-43,46-47,68H,8,12-13,16,21-30,57-58H2,1-7H3,(H2,59,69)(H,60,72)(H,61,76)(H,62,74)(H,63,73)(H,64,79)(H,65,77)(H,66,75)(H,67,78)(H,70,71)(H,80,81)/t33-,37-,38-,39-,40-,41-,42-,43-,46-,47-/m0/s1. The second kappa shape index (κ2) is 36.9. The Labute approximate surface area is 483 Å². The van der Waals surface area contributed by atoms with Crippen LogP contribution in [0.5, 0.6) is 5.75 Å². The second-order valence-electron chi connectivity index (χ2n) is 21.1. The van der Waals surface area contributed by atoms with Crippen molar-refractivity contribution in [3.05, 3.63) is 65.7 Å². The van der Waals surface area contributed by atoms with Crippen molar-refractivity contribution in [3.8, 4) is 5.75 Å². The van der Waals surface area contributed by atoms with Crippen molar-refractivity contribution < 1.29 is 68.1 Å². The number of primary amides is 1. The molecule has 0 saturated heterocycles. The first-order valence-electron chi connectivity index (χ1n) is 27.6. The summed E-state index contributed by atoms with van der Waals surface area (Å²) in [5.41, 5.74) is 18.3. The summed E-state index contributed by atoms with van der Waals surface area (Å²) >= 11 is 1.43. The monoisotopic (exact) mass is 1170 g/mol. The van der Waals surface area contributed by atoms with Crippen molar-refractivity contribution >= 4 is 76.9 Å². The van der Waals surface area contributed by atoms with Gasteiger partial charge >= 0.3 is 11.9 Å². The Hall–Kier alpha value is -7.32. The zero-order chi connectivity index (χ0) is 61.6. The van der Waals surface area contributed by atoms with Gasteiger partial charge in [0.15, 0.2) is 0 Å². The number of carbonyl (C=O) groups excluding carboxylic acids is 9. The number of benzene rings is 2. The van der Waals surface area contributed by atoms with Crippen LogP contribution in [0, 0.1) is 17.8 Å². The smallest absolute Gasteiger partial charge is 0.326 e. The maximum Gasteiger partial charge on any atom is 0.326 e. The molecule has 0 radical (unpaired) electrons. The van der Waals surface area contributed by atoms with Crippen LogP contribution in [0.15, 0.2) is 54.6 Å². The van der Waals surface area contributed by atoms with E-state index in [1.54, 1.807) is 71.9 Å². The number of aliphatic carboxylic acids is 2. The summed E-state index contributed by atoms with van der Waals surface area (Å²) in [6.45, 7) is 10.4. The first kappa shape index (κ1) is 70.8. The molecule has 9 amide bonds. The molecule has 0 fully saturated rings. The van der Waals surface area contributed by atoms with Crippen LogP contribution in [0.4, 0.5) is 0 Å². The fraction of sp³-hybridized carbons (Fsp3) is 0.589. The van der Waals surface area contributed by atoms with Gasteiger partial charge in [0, 0.05) is 25.7 Å². The molecule has 0 heterocycles. The number of nitrogens with two attached hydrogens (primary N) is 3. The first-order valence-corrected chi connectivity index (χ1v) is 29.0. The zero-order valence-electron chi connectivity index (χ0n) is 48.0. The van der Waals surface area contributed by atoms with Gasteiger partial charge in [-0.1, -0.05) is 90.4 Å². The quantitative estimate of drug-likeness (QED) is 0.0398. The molecule has 0 aliphatic carbocycles. The van der Waals surface area contributed by atoms with Crippen LogP contribution in [-0.4, -0.2) is 153 Å². The van der Waals surface area contributed by atoms with Crippen LogP contribution >= 0.6 is 11.8 Å². The van der Waals surface area contributed by atoms with E-state index in [2.05, 4.69) is 42.5 Å². The van der Waals surface area contributed by atoms with Crippen molar-refractivity contribution in [2.45, 2.75) is 173 Å². The highest BCUT2D eigenvalue weighted by Gasteiger charge is 2.37. The molecule has 0 unspecified atom stereocenters. The van der Waals surface area contributed by atoms with Crippen LogP contribution in [0.25, 0.3) is 0 Å². The summed E-state index contributed by atoms with van der Waals surface area (Å²) in [7, 11) is 0. The highest BCUT2D eigenvalue weighted by atomic mass is 32.2. The molecule has 2 aromatic carbocycles. The lowest BCUT2D eigenvalue weighted by Gasteiger charge is -2.31. The Bertz CT molecular complexity index is 2430. The van der Waals surface area contributed by atoms with E-state index >= 15 is 0 Å². The summed E-state index contributed by atoms with van der Waals surface area (Å²) in [6.07, 6.45) is 1.30. The Morgan fingerprint density at radius 1 is 0.537 bits per heavy atom. The molecular formula is C56H87N11O14S. The van der Waals surface area contributed by atoms with E-state index in [0.29, 0.717) is 36.1 Å². The number of carbonyl (C=O) groups is 11. The number of thioether (sulfide) groups is 1. The third-order valence-corrected chi connectivity index (χ3v) is 14.1. The van der Waals surface area contributed by atoms with Crippen LogP contribution in [-0.2, 0) is 65.6 Å². The number of aromatic hydroxyl groups is 1. The van der Waals surface area contributed by atoms with Crippen LogP contribution < -0.4 is 59.7 Å². The zero-order valence-corrected chi connectivity index (χ0v) is 48.8. The molecule has 456 valence electrons. The third kappa shape index (κ3) is 26.1. The van der Waals surface area contributed by atoms with Crippen molar-refractivity contribution in [2.24, 2.45) is 35.0 Å². The van der Waals surface area contributed by atoms with Crippen LogP contribution in [0.2, 0.25) is 0 Å². The first-order chi connectivity index (χ1) is 38.7. The molecule has 0 bridgehead atoms. The van der Waals surface area contributed by atoms with E-state index in [4.69, 9.17) is 17.2 Å². The van der Waals surface area contributed by atoms with Gasteiger partial charge < -0.3 is 75.1 Å². The molecular weight excluding hydrogens is 1080 g/mol. The topological polar surface area (TPSA) is 423 Å². The van der Waals surface area contributed by atoms with E-state index in [0.717, 1.165) is 0 Å². The van der Waals surface area contributed by atoms with E-state index in [1.807, 2.05) is 6.26 Å². The molecule has 0 aliphatic heterocycles. The molecule has 0 saturated carbocycles. The minimum absolute atomic E-state index is 0.0232. The fourth-order valence-electron chi connectivity index (χ4n) is 8.42. The molecule has 10 atom stereocenters. The number of hydrogen-bond donors (Lipinski definition) is 14. The molecule has 2 rings (SSSR count). The fourth-order valence-corrected chi connectivity index (χ4v) is 8.91. The van der Waals surface area contributed by atoms with E-state index < -0.39 is 144 Å². The SMILES string of the molecule is CC[C@H](C)[C@H](NC(=O)[C@@H](NC(=O)[C@H](CCC(N)=O)NC(=O)[C@H](CCC(=O)O)NC(=O)[C@@H](N)CCSC)C(C)C)C(=O)N[C@@H](Cc1ccccc1)C(=O)N[C@@H](CCCCN)C(=O)N[C@@H](Cc1ccc(O)cc1)C(=O)N[C@@H](CC(C)C)C(=O)O. The van der Waals surface area contributed by atoms with E-state index in [9.17, 15) is 68.1 Å². The minimum atomic E-state index is -1.54. The highest BCUT2D eigenvalue weighted by Crippen LogP contribution is 2.16. The van der Waals surface area contributed by atoms with Gasteiger partial charge in [-0.15, -0.1) is 0 Å². The summed E-state index contributed by atoms with van der Waals surface area (Å²) in [5.74, 6) is -11.1. The number of unbranched alkanes of at least 4 members (excludes halogenated alkanes) is 1. The lowest BCUT2D eigenvalue weighted by molar-refractivity contribution is -0.143. The van der Waals surface area contributed by atoms with Crippen LogP contribution in [0.1, 0.15) is 117 Å². The van der Waals surface area contributed by atoms with Gasteiger partial charge in [0.1, 0.15) is 54.1 Å². The maximum absolute atomic E-state index is 14.6. The summed E-state index contributed by atoms with van der Waals surface area (Å²) < 4.78 is 0. The number of hydrogen-bond acceptors (Lipinski definition) is 15. The van der Waals surface area contributed by atoms with Gasteiger partial charge in [-0.25, -0.2) is 4.79 Å². The van der Waals surface area contributed by atoms with Gasteiger partial charge in [-0.2, -0.15) is 11.8 Å². The Balaban J connectivity index is 2.52. The molecule has 0 spiro atoms. The molecule has 0 aromatic heterocycles. The molecule has 0 aliphatic rings. The molecule has 17 N–H and O–H groups in total. The van der Waals surface area contributed by atoms with Gasteiger partial charge in [-0.05, 0) is 105 Å². The lowest BCUT2D eigenvalue weighted by Crippen LogP contribution is -2.62. The molecule has 26 heteroatoms. The predicted octanol–water partition coefficient (Wildman–Crippen LogP) is 0.228. The minimum Gasteiger partial charge on any atom is -0.508 e. The number of amides is 9. The van der Waals surface area contributed by atoms with Crippen molar-refractivity contribution in [3.63, 3.8) is 0 Å². The van der Waals surface area contributed by atoms with Gasteiger partial charge in [0.05, 0.1) is 6.04 Å². The van der Waals surface area contributed by atoms with Crippen LogP contribution in [0.3, 0.4) is 0 Å². The molecule has 25 nitrogen and oxygen atoms in total. The van der Waals surface area contributed by atoms with Gasteiger partial charge in [0.25, 0.3) is 0 Å². The summed E-state index contributed by atoms with van der Waals surface area (Å²) in [5, 5.41) is 50.2. The average Bonchev–Trinajstić information content (AvgIpc) is 3.45. The number of phenolic OH excluding ortho intramolecular Hbond substituents is 1. The Morgan fingerprint density at radius 3 is 1.48 bits per heavy atom. The van der Waals surface area contributed by atoms with Gasteiger partial charge in [0.2, 0.25) is 53.2 Å². The van der Waals surface area contributed by atoms with Crippen molar-refractivity contribution in [1.29, 1.82) is 0 Å². The van der Waals surface area contributed by atoms with Crippen molar-refractivity contribution in [2.75, 3.05) is 18.6 Å². The largest absolute Gasteiger partial charge is 0.508 e. The average molecular weight is 1170 g/mol. The second-order valence-corrected chi connectivity index (χ2v) is 22.1. The normalized spacial score (nSPS) is 14.9. The van der Waals surface area contributed by atoms with Gasteiger partial charge in [-0.3, -0.25) is 47.9 Å². The van der Waals surface area contributed by atoms with E-state index in [1.165, 1.54) is 36.0 Å². The lowest BCUT2D eigenvalue weighted by atomic mass is 9.95.